The van der Waals surface area contributed by atoms with Gasteiger partial charge in [-0.15, -0.1) is 0 Å². The second-order valence-corrected chi connectivity index (χ2v) is 13.5. The predicted molar refractivity (Wildman–Crippen MR) is 198 cm³/mol. The highest BCUT2D eigenvalue weighted by atomic mass is 31.2. The first-order chi connectivity index (χ1) is 23.3. The van der Waals surface area contributed by atoms with E-state index in [1.54, 1.807) is 0 Å². The fourth-order valence-electron chi connectivity index (χ4n) is 4.69. The van der Waals surface area contributed by atoms with Gasteiger partial charge >= 0.3 is 19.8 Å². The summed E-state index contributed by atoms with van der Waals surface area (Å²) in [6.45, 7) is 3.70. The van der Waals surface area contributed by atoms with Gasteiger partial charge in [-0.05, 0) is 51.4 Å². The van der Waals surface area contributed by atoms with Crippen molar-refractivity contribution < 1.29 is 37.6 Å². The van der Waals surface area contributed by atoms with Crippen LogP contribution in [0.4, 0.5) is 0 Å². The van der Waals surface area contributed by atoms with E-state index in [9.17, 15) is 19.0 Å². The van der Waals surface area contributed by atoms with Crippen LogP contribution >= 0.6 is 7.82 Å². The topological polar surface area (TPSA) is 108 Å². The molecule has 0 spiro atoms. The van der Waals surface area contributed by atoms with E-state index < -0.39 is 26.5 Å². The predicted octanol–water partition coefficient (Wildman–Crippen LogP) is 11.2. The number of rotatable bonds is 33. The number of unbranched alkanes of at least 4 members (excludes halogenated alkanes) is 12. The van der Waals surface area contributed by atoms with Crippen molar-refractivity contribution in [3.05, 3.63) is 60.8 Å². The third-order valence-electron chi connectivity index (χ3n) is 7.53. The Morgan fingerprint density at radius 2 is 1.06 bits per heavy atom. The number of phosphoric ester groups is 1. The summed E-state index contributed by atoms with van der Waals surface area (Å²) in [7, 11) is -3.22. The maximum absolute atomic E-state index is 12.4. The molecule has 0 saturated heterocycles. The lowest BCUT2D eigenvalue weighted by atomic mass is 10.0. The van der Waals surface area contributed by atoms with Crippen LogP contribution in [0, 0.1) is 0 Å². The van der Waals surface area contributed by atoms with Gasteiger partial charge in [-0.25, -0.2) is 4.57 Å². The van der Waals surface area contributed by atoms with E-state index in [1.165, 1.54) is 57.8 Å². The molecule has 0 radical (unpaired) electrons. The zero-order valence-electron chi connectivity index (χ0n) is 30.4. The number of phosphoric acid groups is 1. The van der Waals surface area contributed by atoms with Gasteiger partial charge in [0, 0.05) is 20.0 Å². The van der Waals surface area contributed by atoms with Crippen LogP contribution in [0.5, 0.6) is 0 Å². The molecule has 8 nitrogen and oxygen atoms in total. The van der Waals surface area contributed by atoms with Gasteiger partial charge in [-0.3, -0.25) is 18.6 Å². The Morgan fingerprint density at radius 1 is 0.604 bits per heavy atom. The van der Waals surface area contributed by atoms with Crippen LogP contribution < -0.4 is 0 Å². The van der Waals surface area contributed by atoms with Crippen molar-refractivity contribution in [2.24, 2.45) is 0 Å². The minimum atomic E-state index is -4.27. The Balaban J connectivity index is 4.20. The van der Waals surface area contributed by atoms with Gasteiger partial charge in [0.05, 0.1) is 6.61 Å². The maximum Gasteiger partial charge on any atom is 0.472 e. The molecular weight excluding hydrogens is 627 g/mol. The SMILES string of the molecule is CC/C=C\C/C=C\C/C=C\C/C=C\C/C=C\CCCC(=O)OC(COC(=O)CCCCCCCCCCCCCC)COP(=O)(O)OC. The molecule has 0 saturated carbocycles. The number of esters is 2. The van der Waals surface area contributed by atoms with Crippen molar-refractivity contribution in [1.29, 1.82) is 0 Å². The molecule has 9 heteroatoms. The molecule has 2 unspecified atom stereocenters. The lowest BCUT2D eigenvalue weighted by molar-refractivity contribution is -0.161. The van der Waals surface area contributed by atoms with E-state index in [4.69, 9.17) is 14.0 Å². The van der Waals surface area contributed by atoms with E-state index in [-0.39, 0.29) is 25.4 Å². The summed E-state index contributed by atoms with van der Waals surface area (Å²) >= 11 is 0. The summed E-state index contributed by atoms with van der Waals surface area (Å²) in [5.41, 5.74) is 0. The fraction of sp³-hybridized carbons (Fsp3) is 0.692. The van der Waals surface area contributed by atoms with Crippen molar-refractivity contribution in [3.63, 3.8) is 0 Å². The second kappa shape index (κ2) is 34.6. The summed E-state index contributed by atoms with van der Waals surface area (Å²) in [4.78, 5) is 34.3. The number of allylic oxidation sites excluding steroid dienone is 10. The van der Waals surface area contributed by atoms with Crippen LogP contribution in [0.25, 0.3) is 0 Å². The second-order valence-electron chi connectivity index (χ2n) is 12.0. The maximum atomic E-state index is 12.4. The molecule has 0 amide bonds. The first-order valence-electron chi connectivity index (χ1n) is 18.5. The van der Waals surface area contributed by atoms with E-state index in [1.807, 2.05) is 6.08 Å². The highest BCUT2D eigenvalue weighted by Gasteiger charge is 2.24. The van der Waals surface area contributed by atoms with Crippen LogP contribution in [0.3, 0.4) is 0 Å². The molecule has 0 aromatic carbocycles. The Hall–Kier alpha value is -2.25. The van der Waals surface area contributed by atoms with Crippen LogP contribution in [0.1, 0.15) is 149 Å². The molecular formula is C39H67O8P. The monoisotopic (exact) mass is 694 g/mol. The zero-order chi connectivity index (χ0) is 35.4. The molecule has 48 heavy (non-hydrogen) atoms. The number of carbonyl (C=O) groups is 2. The van der Waals surface area contributed by atoms with Gasteiger partial charge in [-0.1, -0.05) is 145 Å². The molecule has 1 N–H and O–H groups in total. The van der Waals surface area contributed by atoms with Crippen molar-refractivity contribution in [1.82, 2.24) is 0 Å². The molecule has 276 valence electrons. The third kappa shape index (κ3) is 33.6. The Kier molecular flexibility index (Phi) is 33.0. The van der Waals surface area contributed by atoms with Gasteiger partial charge in [0.1, 0.15) is 6.61 Å². The van der Waals surface area contributed by atoms with Gasteiger partial charge in [0.2, 0.25) is 0 Å². The van der Waals surface area contributed by atoms with E-state index in [0.717, 1.165) is 58.5 Å². The van der Waals surface area contributed by atoms with Crippen molar-refractivity contribution in [2.45, 2.75) is 155 Å². The molecule has 0 heterocycles. The standard InChI is InChI=1S/C39H67O8P/c1-4-6-8-10-12-14-16-18-19-20-21-22-24-26-28-30-32-34-39(41)47-37(36-46-48(42,43)44-3)35-45-38(40)33-31-29-27-25-23-17-15-13-11-9-7-5-2/h6,8,12,14,18-19,21-22,26,28,37H,4-5,7,9-11,13,15-17,20,23-25,27,29-36H2,1-3H3,(H,42,43)/b8-6-,14-12-,19-18-,22-21-,28-26-. The Morgan fingerprint density at radius 3 is 1.56 bits per heavy atom. The average molecular weight is 695 g/mol. The summed E-state index contributed by atoms with van der Waals surface area (Å²) in [5, 5.41) is 0. The Bertz CT molecular complexity index is 969. The molecule has 0 aliphatic carbocycles. The molecule has 0 aliphatic rings. The lowest BCUT2D eigenvalue weighted by Gasteiger charge is -2.19. The lowest BCUT2D eigenvalue weighted by Crippen LogP contribution is -2.29. The summed E-state index contributed by atoms with van der Waals surface area (Å²) < 4.78 is 31.8. The highest BCUT2D eigenvalue weighted by molar-refractivity contribution is 7.47. The van der Waals surface area contributed by atoms with Crippen LogP contribution in [0.15, 0.2) is 60.8 Å². The van der Waals surface area contributed by atoms with Gasteiger partial charge in [0.15, 0.2) is 6.10 Å². The minimum Gasteiger partial charge on any atom is -0.462 e. The van der Waals surface area contributed by atoms with Gasteiger partial charge in [-0.2, -0.15) is 0 Å². The molecule has 0 rings (SSSR count). The van der Waals surface area contributed by atoms with Gasteiger partial charge in [0.25, 0.3) is 0 Å². The highest BCUT2D eigenvalue weighted by Crippen LogP contribution is 2.42. The smallest absolute Gasteiger partial charge is 0.462 e. The summed E-state index contributed by atoms with van der Waals surface area (Å²) in [5.74, 6) is -0.876. The fourth-order valence-corrected chi connectivity index (χ4v) is 5.15. The van der Waals surface area contributed by atoms with Crippen molar-refractivity contribution >= 4 is 19.8 Å². The van der Waals surface area contributed by atoms with Crippen LogP contribution in [-0.2, 0) is 32.7 Å². The molecule has 0 fully saturated rings. The molecule has 0 bridgehead atoms. The average Bonchev–Trinajstić information content (AvgIpc) is 3.07. The third-order valence-corrected chi connectivity index (χ3v) is 8.46. The van der Waals surface area contributed by atoms with Crippen LogP contribution in [-0.4, -0.2) is 43.3 Å². The van der Waals surface area contributed by atoms with E-state index >= 15 is 0 Å². The Labute approximate surface area is 292 Å². The summed E-state index contributed by atoms with van der Waals surface area (Å²) in [6, 6.07) is 0. The first kappa shape index (κ1) is 45.8. The molecule has 0 aromatic heterocycles. The summed E-state index contributed by atoms with van der Waals surface area (Å²) in [6.07, 6.45) is 41.3. The van der Waals surface area contributed by atoms with E-state index in [2.05, 4.69) is 73.1 Å². The number of carbonyl (C=O) groups excluding carboxylic acids is 2. The van der Waals surface area contributed by atoms with Crippen molar-refractivity contribution in [3.8, 4) is 0 Å². The number of hydrogen-bond donors (Lipinski definition) is 1. The molecule has 0 aliphatic heterocycles. The van der Waals surface area contributed by atoms with E-state index in [0.29, 0.717) is 12.8 Å². The first-order valence-corrected chi connectivity index (χ1v) is 20.0. The zero-order valence-corrected chi connectivity index (χ0v) is 31.3. The van der Waals surface area contributed by atoms with Crippen LogP contribution in [0.2, 0.25) is 0 Å². The molecule has 2 atom stereocenters. The number of ether oxygens (including phenoxy) is 2. The quantitative estimate of drug-likeness (QED) is 0.0313. The molecule has 0 aromatic rings. The normalized spacial score (nSPS) is 14.2. The minimum absolute atomic E-state index is 0.165. The van der Waals surface area contributed by atoms with Gasteiger partial charge < -0.3 is 14.4 Å². The van der Waals surface area contributed by atoms with Crippen molar-refractivity contribution in [2.75, 3.05) is 20.3 Å². The number of hydrogen-bond acceptors (Lipinski definition) is 7. The largest absolute Gasteiger partial charge is 0.472 e.